The number of methoxy groups -OCH3 is 2. The minimum absolute atomic E-state index is 0.159. The van der Waals surface area contributed by atoms with Crippen molar-refractivity contribution in [1.29, 1.82) is 0 Å². The van der Waals surface area contributed by atoms with Crippen molar-refractivity contribution in [1.82, 2.24) is 19.6 Å². The van der Waals surface area contributed by atoms with Crippen LogP contribution in [0.25, 0.3) is 5.65 Å². The van der Waals surface area contributed by atoms with Crippen LogP contribution >= 0.6 is 0 Å². The Morgan fingerprint density at radius 1 is 1.03 bits per heavy atom. The summed E-state index contributed by atoms with van der Waals surface area (Å²) < 4.78 is 12.0. The summed E-state index contributed by atoms with van der Waals surface area (Å²) in [7, 11) is 3.16. The second kappa shape index (κ2) is 10.5. The molecule has 0 saturated carbocycles. The van der Waals surface area contributed by atoms with E-state index in [-0.39, 0.29) is 5.92 Å². The first kappa shape index (κ1) is 23.5. The first-order valence-corrected chi connectivity index (χ1v) is 11.4. The van der Waals surface area contributed by atoms with Gasteiger partial charge in [0.2, 0.25) is 0 Å². The van der Waals surface area contributed by atoms with E-state index in [1.807, 2.05) is 36.4 Å². The third kappa shape index (κ3) is 5.12. The third-order valence-corrected chi connectivity index (χ3v) is 6.09. The van der Waals surface area contributed by atoms with Crippen molar-refractivity contribution < 1.29 is 14.6 Å². The molecule has 4 aromatic rings. The number of hydrogen-bond donors (Lipinski definition) is 2. The van der Waals surface area contributed by atoms with E-state index >= 15 is 0 Å². The Morgan fingerprint density at radius 2 is 1.79 bits per heavy atom. The van der Waals surface area contributed by atoms with Gasteiger partial charge in [-0.2, -0.15) is 9.50 Å². The van der Waals surface area contributed by atoms with E-state index in [1.165, 1.54) is 10.1 Å². The predicted octanol–water partition coefficient (Wildman–Crippen LogP) is 3.51. The number of aliphatic hydroxyl groups is 1. The first-order chi connectivity index (χ1) is 16.5. The van der Waals surface area contributed by atoms with E-state index in [4.69, 9.17) is 14.5 Å². The van der Waals surface area contributed by atoms with Gasteiger partial charge in [-0.15, -0.1) is 0 Å². The summed E-state index contributed by atoms with van der Waals surface area (Å²) >= 11 is 0. The summed E-state index contributed by atoms with van der Waals surface area (Å²) in [5.41, 5.74) is 3.05. The Kier molecular flexibility index (Phi) is 7.27. The van der Waals surface area contributed by atoms with Gasteiger partial charge >= 0.3 is 5.69 Å². The monoisotopic (exact) mass is 462 g/mol. The lowest BCUT2D eigenvalue weighted by atomic mass is 9.90. The number of aromatic nitrogens is 4. The van der Waals surface area contributed by atoms with Crippen molar-refractivity contribution in [3.8, 4) is 11.5 Å². The number of nitrogens with one attached hydrogen (secondary N) is 1. The highest BCUT2D eigenvalue weighted by Crippen LogP contribution is 2.30. The molecule has 0 aliphatic heterocycles. The zero-order chi connectivity index (χ0) is 24.1. The maximum absolute atomic E-state index is 12.7. The average Bonchev–Trinajstić information content (AvgIpc) is 3.26. The Morgan fingerprint density at radius 3 is 2.50 bits per heavy atom. The van der Waals surface area contributed by atoms with Gasteiger partial charge < -0.3 is 14.6 Å². The Balaban J connectivity index is 1.60. The van der Waals surface area contributed by atoms with Gasteiger partial charge in [-0.25, -0.2) is 9.78 Å². The molecule has 2 heterocycles. The van der Waals surface area contributed by atoms with Crippen molar-refractivity contribution in [2.45, 2.75) is 44.6 Å². The molecular formula is C26H30N4O4. The Bertz CT molecular complexity index is 1300. The molecule has 0 radical (unpaired) electrons. The molecular weight excluding hydrogens is 432 g/mol. The predicted molar refractivity (Wildman–Crippen MR) is 130 cm³/mol. The number of aryl methyl sites for hydroxylation is 1. The van der Waals surface area contributed by atoms with Crippen LogP contribution in [-0.4, -0.2) is 45.0 Å². The fourth-order valence-electron chi connectivity index (χ4n) is 4.31. The number of rotatable bonds is 10. The zero-order valence-electron chi connectivity index (χ0n) is 19.7. The molecule has 8 nitrogen and oxygen atoms in total. The lowest BCUT2D eigenvalue weighted by molar-refractivity contribution is 0.156. The van der Waals surface area contributed by atoms with E-state index in [0.29, 0.717) is 29.4 Å². The van der Waals surface area contributed by atoms with Crippen LogP contribution in [-0.2, 0) is 12.8 Å². The average molecular weight is 463 g/mol. The minimum Gasteiger partial charge on any atom is -0.493 e. The summed E-state index contributed by atoms with van der Waals surface area (Å²) in [5.74, 6) is 1.48. The lowest BCUT2D eigenvalue weighted by Crippen LogP contribution is -2.22. The highest BCUT2D eigenvalue weighted by molar-refractivity contribution is 5.49. The van der Waals surface area contributed by atoms with Crippen LogP contribution in [0.4, 0.5) is 0 Å². The van der Waals surface area contributed by atoms with Crippen LogP contribution in [0.2, 0.25) is 0 Å². The molecule has 178 valence electrons. The van der Waals surface area contributed by atoms with Crippen LogP contribution in [0.1, 0.15) is 48.2 Å². The fourth-order valence-corrected chi connectivity index (χ4v) is 4.31. The van der Waals surface area contributed by atoms with E-state index in [1.54, 1.807) is 27.3 Å². The van der Waals surface area contributed by atoms with Crippen molar-refractivity contribution in [3.05, 3.63) is 87.7 Å². The summed E-state index contributed by atoms with van der Waals surface area (Å²) in [4.78, 5) is 21.5. The molecule has 4 rings (SSSR count). The van der Waals surface area contributed by atoms with E-state index < -0.39 is 11.8 Å². The molecule has 2 aromatic carbocycles. The summed E-state index contributed by atoms with van der Waals surface area (Å²) in [6.07, 6.45) is 4.13. The molecule has 8 heteroatoms. The molecule has 2 N–H and O–H groups in total. The summed E-state index contributed by atoms with van der Waals surface area (Å²) in [6, 6.07) is 15.8. The number of aliphatic hydroxyl groups excluding tert-OH is 1. The van der Waals surface area contributed by atoms with Gasteiger partial charge in [-0.05, 0) is 49.4 Å². The largest absolute Gasteiger partial charge is 0.493 e. The maximum Gasteiger partial charge on any atom is 0.370 e. The lowest BCUT2D eigenvalue weighted by Gasteiger charge is -2.19. The zero-order valence-corrected chi connectivity index (χ0v) is 19.7. The molecule has 0 fully saturated rings. The minimum atomic E-state index is -0.588. The first-order valence-electron chi connectivity index (χ1n) is 11.4. The standard InChI is InChI=1S/C26H30N4O4/c1-17(31)20(11-7-10-18-8-5-4-6-9-18)21-16-27-30-25(21)28-24(29-26(30)32)15-19-12-13-22(33-2)23(14-19)34-3/h4-6,8-9,12-14,16-17,20,27,31H,7,10-11,15H2,1-3H3. The van der Waals surface area contributed by atoms with Crippen LogP contribution in [0.3, 0.4) is 0 Å². The SMILES string of the molecule is COc1ccc(Cc2nc(=O)n3[nH]cc(C(CCCc4ccccc4)C(C)O)c3n2)cc1OC. The molecule has 0 saturated heterocycles. The molecule has 0 spiro atoms. The van der Waals surface area contributed by atoms with E-state index in [2.05, 4.69) is 22.2 Å². The second-order valence-corrected chi connectivity index (χ2v) is 8.40. The van der Waals surface area contributed by atoms with Crippen molar-refractivity contribution in [2.75, 3.05) is 14.2 Å². The van der Waals surface area contributed by atoms with Gasteiger partial charge in [0.15, 0.2) is 17.1 Å². The van der Waals surface area contributed by atoms with Crippen molar-refractivity contribution in [2.24, 2.45) is 0 Å². The third-order valence-electron chi connectivity index (χ3n) is 6.09. The second-order valence-electron chi connectivity index (χ2n) is 8.40. The van der Waals surface area contributed by atoms with Gasteiger partial charge in [0.05, 0.1) is 20.3 Å². The van der Waals surface area contributed by atoms with Gasteiger partial charge in [0, 0.05) is 24.1 Å². The molecule has 0 bridgehead atoms. The number of H-pyrrole nitrogens is 1. The van der Waals surface area contributed by atoms with Gasteiger partial charge in [-0.3, -0.25) is 5.10 Å². The molecule has 0 aliphatic rings. The summed E-state index contributed by atoms with van der Waals surface area (Å²) in [5, 5.41) is 13.5. The number of hydrogen-bond acceptors (Lipinski definition) is 6. The van der Waals surface area contributed by atoms with Crippen LogP contribution in [0.5, 0.6) is 11.5 Å². The van der Waals surface area contributed by atoms with Gasteiger partial charge in [-0.1, -0.05) is 36.4 Å². The fraction of sp³-hybridized carbons (Fsp3) is 0.346. The number of nitrogens with zero attached hydrogens (tertiary/aromatic N) is 3. The number of ether oxygens (including phenoxy) is 2. The van der Waals surface area contributed by atoms with Crippen molar-refractivity contribution >= 4 is 5.65 Å². The van der Waals surface area contributed by atoms with E-state index in [0.717, 1.165) is 30.4 Å². The topological polar surface area (TPSA) is 102 Å². The summed E-state index contributed by atoms with van der Waals surface area (Å²) in [6.45, 7) is 1.78. The highest BCUT2D eigenvalue weighted by atomic mass is 16.5. The quantitative estimate of drug-likeness (QED) is 0.374. The molecule has 2 atom stereocenters. The van der Waals surface area contributed by atoms with Crippen LogP contribution in [0.15, 0.2) is 59.5 Å². The van der Waals surface area contributed by atoms with Crippen LogP contribution in [0, 0.1) is 0 Å². The number of benzene rings is 2. The molecule has 2 unspecified atom stereocenters. The smallest absolute Gasteiger partial charge is 0.370 e. The maximum atomic E-state index is 12.7. The molecule has 34 heavy (non-hydrogen) atoms. The number of fused-ring (bicyclic) bond motifs is 1. The highest BCUT2D eigenvalue weighted by Gasteiger charge is 2.23. The van der Waals surface area contributed by atoms with Gasteiger partial charge in [0.1, 0.15) is 5.82 Å². The Labute approximate surface area is 198 Å². The molecule has 0 amide bonds. The van der Waals surface area contributed by atoms with E-state index in [9.17, 15) is 9.90 Å². The Hall–Kier alpha value is -3.65. The number of aromatic amines is 1. The van der Waals surface area contributed by atoms with Gasteiger partial charge in [0.25, 0.3) is 0 Å². The normalized spacial score (nSPS) is 13.1. The van der Waals surface area contributed by atoms with Crippen molar-refractivity contribution in [3.63, 3.8) is 0 Å². The van der Waals surface area contributed by atoms with Crippen LogP contribution < -0.4 is 15.2 Å². The molecule has 0 aliphatic carbocycles. The molecule has 2 aromatic heterocycles.